The third-order valence-electron chi connectivity index (χ3n) is 2.69. The van der Waals surface area contributed by atoms with Crippen molar-refractivity contribution in [1.82, 2.24) is 0 Å². The Morgan fingerprint density at radius 3 is 2.52 bits per heavy atom. The highest BCUT2D eigenvalue weighted by Gasteiger charge is 2.31. The fraction of sp³-hybridized carbons (Fsp3) is 0.429. The molecule has 21 heavy (non-hydrogen) atoms. The van der Waals surface area contributed by atoms with Crippen molar-refractivity contribution < 1.29 is 22.7 Å². The van der Waals surface area contributed by atoms with Crippen LogP contribution in [-0.4, -0.2) is 18.1 Å². The molecule has 0 radical (unpaired) electrons. The van der Waals surface area contributed by atoms with Crippen molar-refractivity contribution >= 4 is 17.7 Å². The number of carbonyl (C=O) groups is 1. The van der Waals surface area contributed by atoms with Crippen molar-refractivity contribution in [1.29, 1.82) is 5.26 Å². The van der Waals surface area contributed by atoms with E-state index in [4.69, 9.17) is 4.74 Å². The molecule has 0 fully saturated rings. The molecule has 0 amide bonds. The molecule has 7 heteroatoms. The number of rotatable bonds is 5. The van der Waals surface area contributed by atoms with Crippen LogP contribution in [0.4, 0.5) is 13.2 Å². The van der Waals surface area contributed by atoms with Crippen LogP contribution in [0.1, 0.15) is 30.5 Å². The zero-order valence-electron chi connectivity index (χ0n) is 11.6. The molecule has 1 aromatic rings. The summed E-state index contributed by atoms with van der Waals surface area (Å²) in [6.07, 6.45) is 0.151. The van der Waals surface area contributed by atoms with E-state index in [0.29, 0.717) is 11.1 Å². The predicted octanol–water partition coefficient (Wildman–Crippen LogP) is 3.84. The lowest BCUT2D eigenvalue weighted by molar-refractivity contribution is -0.142. The van der Waals surface area contributed by atoms with E-state index in [1.807, 2.05) is 6.07 Å². The molecular weight excluding hydrogens is 303 g/mol. The highest BCUT2D eigenvalue weighted by molar-refractivity contribution is 8.00. The fourth-order valence-electron chi connectivity index (χ4n) is 1.90. The van der Waals surface area contributed by atoms with E-state index in [0.717, 1.165) is 0 Å². The highest BCUT2D eigenvalue weighted by atomic mass is 32.2. The molecule has 0 bridgehead atoms. The Hall–Kier alpha value is -1.68. The monoisotopic (exact) mass is 317 g/mol. The lowest BCUT2D eigenvalue weighted by Crippen LogP contribution is -2.10. The second-order valence-electron chi connectivity index (χ2n) is 4.07. The molecular formula is C14H14F3NO2S. The number of carbonyl (C=O) groups excluding carboxylic acids is 1. The molecule has 0 spiro atoms. The summed E-state index contributed by atoms with van der Waals surface area (Å²) in [7, 11) is 0. The zero-order valence-corrected chi connectivity index (χ0v) is 12.4. The van der Waals surface area contributed by atoms with E-state index in [2.05, 4.69) is 0 Å². The van der Waals surface area contributed by atoms with Crippen LogP contribution in [0.5, 0.6) is 0 Å². The van der Waals surface area contributed by atoms with Crippen LogP contribution in [-0.2, 0) is 22.4 Å². The van der Waals surface area contributed by atoms with Crippen LogP contribution in [0.25, 0.3) is 0 Å². The van der Waals surface area contributed by atoms with Crippen LogP contribution >= 0.6 is 11.8 Å². The molecule has 0 unspecified atom stereocenters. The van der Waals surface area contributed by atoms with Gasteiger partial charge in [0.2, 0.25) is 0 Å². The minimum Gasteiger partial charge on any atom is -0.466 e. The Morgan fingerprint density at radius 1 is 1.38 bits per heavy atom. The first-order valence-corrected chi connectivity index (χ1v) is 7.10. The topological polar surface area (TPSA) is 50.1 Å². The van der Waals surface area contributed by atoms with Gasteiger partial charge in [-0.15, -0.1) is 0 Å². The molecule has 0 heterocycles. The summed E-state index contributed by atoms with van der Waals surface area (Å²) in [5, 5.41) is 9.20. The van der Waals surface area contributed by atoms with Crippen molar-refractivity contribution in [2.45, 2.75) is 37.1 Å². The standard InChI is InChI=1S/C14H14F3NO2S/c1-3-10-11(8-18)9(7-13(19)20-4-2)5-6-12(10)21-14(15,16)17/h5-6H,3-4,7H2,1-2H3. The molecule has 0 aliphatic rings. The summed E-state index contributed by atoms with van der Waals surface area (Å²) in [5.74, 6) is -0.507. The number of halogens is 3. The van der Waals surface area contributed by atoms with E-state index in [1.54, 1.807) is 13.8 Å². The summed E-state index contributed by atoms with van der Waals surface area (Å²) >= 11 is -0.248. The van der Waals surface area contributed by atoms with Gasteiger partial charge in [-0.3, -0.25) is 4.79 Å². The van der Waals surface area contributed by atoms with Gasteiger partial charge in [-0.05, 0) is 42.3 Å². The van der Waals surface area contributed by atoms with E-state index < -0.39 is 11.5 Å². The Labute approximate surface area is 125 Å². The van der Waals surface area contributed by atoms with E-state index in [-0.39, 0.29) is 41.7 Å². The van der Waals surface area contributed by atoms with Gasteiger partial charge in [-0.2, -0.15) is 18.4 Å². The van der Waals surface area contributed by atoms with Crippen molar-refractivity contribution in [3.8, 4) is 6.07 Å². The SMILES string of the molecule is CCOC(=O)Cc1ccc(SC(F)(F)F)c(CC)c1C#N. The second kappa shape index (κ2) is 7.36. The highest BCUT2D eigenvalue weighted by Crippen LogP contribution is 2.40. The number of ether oxygens (including phenoxy) is 1. The van der Waals surface area contributed by atoms with Gasteiger partial charge in [-0.1, -0.05) is 13.0 Å². The molecule has 0 aromatic heterocycles. The summed E-state index contributed by atoms with van der Waals surface area (Å²) in [5.41, 5.74) is -3.60. The van der Waals surface area contributed by atoms with Gasteiger partial charge in [0.15, 0.2) is 0 Å². The van der Waals surface area contributed by atoms with Crippen molar-refractivity contribution in [2.75, 3.05) is 6.61 Å². The first-order valence-electron chi connectivity index (χ1n) is 6.28. The van der Waals surface area contributed by atoms with Gasteiger partial charge in [0.1, 0.15) is 0 Å². The van der Waals surface area contributed by atoms with Crippen molar-refractivity contribution in [3.05, 3.63) is 28.8 Å². The largest absolute Gasteiger partial charge is 0.466 e. The minimum atomic E-state index is -4.42. The van der Waals surface area contributed by atoms with Crippen LogP contribution < -0.4 is 0 Å². The van der Waals surface area contributed by atoms with Crippen molar-refractivity contribution in [3.63, 3.8) is 0 Å². The normalized spacial score (nSPS) is 11.0. The maximum absolute atomic E-state index is 12.5. The summed E-state index contributed by atoms with van der Waals surface area (Å²) < 4.78 is 42.3. The van der Waals surface area contributed by atoms with E-state index >= 15 is 0 Å². The maximum Gasteiger partial charge on any atom is 0.446 e. The average molecular weight is 317 g/mol. The summed E-state index contributed by atoms with van der Waals surface area (Å²) in [6, 6.07) is 4.58. The first-order chi connectivity index (χ1) is 9.82. The number of benzene rings is 1. The van der Waals surface area contributed by atoms with Gasteiger partial charge >= 0.3 is 11.5 Å². The van der Waals surface area contributed by atoms with E-state index in [1.165, 1.54) is 12.1 Å². The van der Waals surface area contributed by atoms with Crippen LogP contribution in [0.2, 0.25) is 0 Å². The fourth-order valence-corrected chi connectivity index (χ4v) is 2.66. The van der Waals surface area contributed by atoms with E-state index in [9.17, 15) is 23.2 Å². The molecule has 114 valence electrons. The first kappa shape index (κ1) is 17.4. The average Bonchev–Trinajstić information content (AvgIpc) is 2.38. The quantitative estimate of drug-likeness (QED) is 0.611. The lowest BCUT2D eigenvalue weighted by atomic mass is 9.98. The van der Waals surface area contributed by atoms with Crippen LogP contribution in [0.3, 0.4) is 0 Å². The summed E-state index contributed by atoms with van der Waals surface area (Å²) in [4.78, 5) is 11.5. The number of alkyl halides is 3. The Balaban J connectivity index is 3.20. The third kappa shape index (κ3) is 4.97. The van der Waals surface area contributed by atoms with Crippen LogP contribution in [0, 0.1) is 11.3 Å². The van der Waals surface area contributed by atoms with Crippen molar-refractivity contribution in [2.24, 2.45) is 0 Å². The second-order valence-corrected chi connectivity index (χ2v) is 5.18. The number of hydrogen-bond acceptors (Lipinski definition) is 4. The van der Waals surface area contributed by atoms with Gasteiger partial charge in [0.25, 0.3) is 0 Å². The molecule has 0 aliphatic heterocycles. The predicted molar refractivity (Wildman–Crippen MR) is 72.8 cm³/mol. The van der Waals surface area contributed by atoms with Gasteiger partial charge < -0.3 is 4.74 Å². The van der Waals surface area contributed by atoms with Gasteiger partial charge in [0.05, 0.1) is 24.7 Å². The smallest absolute Gasteiger partial charge is 0.446 e. The zero-order chi connectivity index (χ0) is 16.0. The lowest BCUT2D eigenvalue weighted by Gasteiger charge is -2.14. The molecule has 0 saturated carbocycles. The van der Waals surface area contributed by atoms with Gasteiger partial charge in [-0.25, -0.2) is 0 Å². The minimum absolute atomic E-state index is 0.00541. The number of thioether (sulfide) groups is 1. The number of nitrogens with zero attached hydrogens (tertiary/aromatic N) is 1. The molecule has 1 aromatic carbocycles. The summed E-state index contributed by atoms with van der Waals surface area (Å²) in [6.45, 7) is 3.54. The number of hydrogen-bond donors (Lipinski definition) is 0. The van der Waals surface area contributed by atoms with Gasteiger partial charge in [0, 0.05) is 4.90 Å². The Morgan fingerprint density at radius 2 is 2.05 bits per heavy atom. The number of nitriles is 1. The molecule has 0 saturated heterocycles. The Kier molecular flexibility index (Phi) is 6.09. The molecule has 0 atom stereocenters. The number of esters is 1. The maximum atomic E-state index is 12.5. The molecule has 3 nitrogen and oxygen atoms in total. The molecule has 0 aliphatic carbocycles. The third-order valence-corrected chi connectivity index (χ3v) is 3.52. The molecule has 0 N–H and O–H groups in total. The van der Waals surface area contributed by atoms with Crippen LogP contribution in [0.15, 0.2) is 17.0 Å². The molecule has 1 rings (SSSR count). The Bertz CT molecular complexity index is 565.